The van der Waals surface area contributed by atoms with Crippen LogP contribution in [-0.4, -0.2) is 32.3 Å². The number of thioether (sulfide) groups is 1. The van der Waals surface area contributed by atoms with Gasteiger partial charge in [0, 0.05) is 19.2 Å². The lowest BCUT2D eigenvalue weighted by Crippen LogP contribution is -2.11. The number of carboxylic acid groups (broad SMARTS) is 1. The fourth-order valence-corrected chi connectivity index (χ4v) is 2.62. The monoisotopic (exact) mass is 279 g/mol. The van der Waals surface area contributed by atoms with E-state index in [1.807, 2.05) is 11.6 Å². The number of aryl methyl sites for hydroxylation is 1. The molecule has 1 aromatic heterocycles. The minimum atomic E-state index is -0.976. The number of primary amides is 1. The number of carbonyl (C=O) groups excluding carboxylic acids is 1. The van der Waals surface area contributed by atoms with Crippen LogP contribution in [0.4, 0.5) is 0 Å². The molecule has 2 rings (SSSR count). The van der Waals surface area contributed by atoms with Crippen LogP contribution in [0.3, 0.4) is 0 Å². The van der Waals surface area contributed by atoms with Gasteiger partial charge in [0.05, 0.1) is 16.6 Å². The van der Waals surface area contributed by atoms with E-state index < -0.39 is 5.97 Å². The molecular formula is C12H13N3O3S. The van der Waals surface area contributed by atoms with E-state index in [0.29, 0.717) is 11.3 Å². The number of carboxylic acids is 1. The Kier molecular flexibility index (Phi) is 3.75. The topological polar surface area (TPSA) is 98.2 Å². The second-order valence-electron chi connectivity index (χ2n) is 4.03. The third-order valence-electron chi connectivity index (χ3n) is 2.67. The highest BCUT2D eigenvalue weighted by Crippen LogP contribution is 2.24. The predicted octanol–water partition coefficient (Wildman–Crippen LogP) is 1.24. The molecule has 0 bridgehead atoms. The summed E-state index contributed by atoms with van der Waals surface area (Å²) in [4.78, 5) is 25.9. The van der Waals surface area contributed by atoms with Gasteiger partial charge in [-0.1, -0.05) is 11.8 Å². The van der Waals surface area contributed by atoms with Gasteiger partial charge in [-0.15, -0.1) is 0 Å². The zero-order valence-electron chi connectivity index (χ0n) is 10.3. The fourth-order valence-electron chi connectivity index (χ4n) is 1.68. The van der Waals surface area contributed by atoms with Crippen molar-refractivity contribution in [2.45, 2.75) is 11.6 Å². The van der Waals surface area contributed by atoms with Gasteiger partial charge in [-0.05, 0) is 18.2 Å². The molecule has 0 aliphatic carbocycles. The van der Waals surface area contributed by atoms with Crippen molar-refractivity contribution in [3.05, 3.63) is 23.8 Å². The smallest absolute Gasteiger partial charge is 0.335 e. The van der Waals surface area contributed by atoms with Crippen molar-refractivity contribution in [3.8, 4) is 0 Å². The molecule has 0 spiro atoms. The molecule has 1 heterocycles. The van der Waals surface area contributed by atoms with Gasteiger partial charge in [-0.3, -0.25) is 4.79 Å². The van der Waals surface area contributed by atoms with Gasteiger partial charge < -0.3 is 15.4 Å². The number of aromatic nitrogens is 2. The summed E-state index contributed by atoms with van der Waals surface area (Å²) >= 11 is 1.42. The molecule has 0 radical (unpaired) electrons. The maximum Gasteiger partial charge on any atom is 0.335 e. The van der Waals surface area contributed by atoms with Gasteiger partial charge in [0.25, 0.3) is 0 Å². The second kappa shape index (κ2) is 5.31. The van der Waals surface area contributed by atoms with Crippen LogP contribution in [0.5, 0.6) is 0 Å². The first-order chi connectivity index (χ1) is 8.99. The normalized spacial score (nSPS) is 10.8. The van der Waals surface area contributed by atoms with E-state index in [4.69, 9.17) is 10.8 Å². The lowest BCUT2D eigenvalue weighted by atomic mass is 10.2. The van der Waals surface area contributed by atoms with Crippen molar-refractivity contribution >= 4 is 34.7 Å². The molecule has 0 saturated heterocycles. The van der Waals surface area contributed by atoms with Crippen molar-refractivity contribution in [1.29, 1.82) is 0 Å². The van der Waals surface area contributed by atoms with Gasteiger partial charge in [-0.2, -0.15) is 0 Å². The van der Waals surface area contributed by atoms with Crippen molar-refractivity contribution in [2.75, 3.05) is 5.75 Å². The molecule has 0 aliphatic heterocycles. The Hall–Kier alpha value is -2.02. The Balaban J connectivity index is 2.28. The maximum absolute atomic E-state index is 10.9. The van der Waals surface area contributed by atoms with E-state index in [1.165, 1.54) is 17.8 Å². The van der Waals surface area contributed by atoms with Crippen molar-refractivity contribution in [3.63, 3.8) is 0 Å². The number of benzene rings is 1. The first kappa shape index (κ1) is 13.4. The van der Waals surface area contributed by atoms with Crippen molar-refractivity contribution in [1.82, 2.24) is 9.55 Å². The number of amides is 1. The molecule has 6 nitrogen and oxygen atoms in total. The van der Waals surface area contributed by atoms with Gasteiger partial charge in [-0.25, -0.2) is 9.78 Å². The number of nitrogens with two attached hydrogens (primary N) is 1. The molecule has 0 aliphatic rings. The van der Waals surface area contributed by atoms with Crippen LogP contribution in [0.2, 0.25) is 0 Å². The quantitative estimate of drug-likeness (QED) is 0.802. The zero-order valence-corrected chi connectivity index (χ0v) is 11.1. The molecule has 1 amide bonds. The highest BCUT2D eigenvalue weighted by atomic mass is 32.2. The molecule has 1 aromatic carbocycles. The van der Waals surface area contributed by atoms with Gasteiger partial charge in [0.15, 0.2) is 5.16 Å². The fraction of sp³-hybridized carbons (Fsp3) is 0.250. The Morgan fingerprint density at radius 3 is 2.84 bits per heavy atom. The Morgan fingerprint density at radius 1 is 1.47 bits per heavy atom. The van der Waals surface area contributed by atoms with Gasteiger partial charge in [0.2, 0.25) is 5.91 Å². The molecule has 3 N–H and O–H groups in total. The average Bonchev–Trinajstić information content (AvgIpc) is 2.65. The predicted molar refractivity (Wildman–Crippen MR) is 72.2 cm³/mol. The van der Waals surface area contributed by atoms with E-state index >= 15 is 0 Å². The summed E-state index contributed by atoms with van der Waals surface area (Å²) in [5.41, 5.74) is 6.77. The van der Waals surface area contributed by atoms with Crippen LogP contribution < -0.4 is 5.73 Å². The van der Waals surface area contributed by atoms with E-state index in [2.05, 4.69) is 4.98 Å². The van der Waals surface area contributed by atoms with Crippen molar-refractivity contribution in [2.24, 2.45) is 12.8 Å². The highest BCUT2D eigenvalue weighted by Gasteiger charge is 2.11. The maximum atomic E-state index is 10.9. The second-order valence-corrected chi connectivity index (χ2v) is 5.09. The molecule has 100 valence electrons. The molecular weight excluding hydrogens is 266 g/mol. The first-order valence-corrected chi connectivity index (χ1v) is 6.58. The Bertz CT molecular complexity index is 651. The number of nitrogens with zero attached hydrogens (tertiary/aromatic N) is 2. The van der Waals surface area contributed by atoms with E-state index in [0.717, 1.165) is 10.7 Å². The Morgan fingerprint density at radius 2 is 2.21 bits per heavy atom. The standard InChI is InChI=1S/C12H13N3O3S/c1-15-9-3-2-7(11(17)18)6-8(9)14-12(15)19-5-4-10(13)16/h2-3,6H,4-5H2,1H3,(H2,13,16)(H,17,18). The van der Waals surface area contributed by atoms with E-state index in [-0.39, 0.29) is 17.9 Å². The van der Waals surface area contributed by atoms with Gasteiger partial charge in [0.1, 0.15) is 0 Å². The Labute approximate surface area is 113 Å². The van der Waals surface area contributed by atoms with Crippen LogP contribution in [0.1, 0.15) is 16.8 Å². The summed E-state index contributed by atoms with van der Waals surface area (Å²) in [7, 11) is 1.85. The van der Waals surface area contributed by atoms with Crippen LogP contribution in [0.25, 0.3) is 11.0 Å². The molecule has 0 atom stereocenters. The highest BCUT2D eigenvalue weighted by molar-refractivity contribution is 7.99. The lowest BCUT2D eigenvalue weighted by molar-refractivity contribution is -0.117. The van der Waals surface area contributed by atoms with Crippen LogP contribution in [0, 0.1) is 0 Å². The number of imidazole rings is 1. The number of rotatable bonds is 5. The number of carbonyl (C=O) groups is 2. The first-order valence-electron chi connectivity index (χ1n) is 5.60. The van der Waals surface area contributed by atoms with Crippen LogP contribution in [0.15, 0.2) is 23.4 Å². The van der Waals surface area contributed by atoms with Crippen LogP contribution >= 0.6 is 11.8 Å². The van der Waals surface area contributed by atoms with E-state index in [1.54, 1.807) is 12.1 Å². The van der Waals surface area contributed by atoms with E-state index in [9.17, 15) is 9.59 Å². The SMILES string of the molecule is Cn1c(SCCC(N)=O)nc2cc(C(=O)O)ccc21. The number of hydrogen-bond donors (Lipinski definition) is 2. The summed E-state index contributed by atoms with van der Waals surface area (Å²) in [6, 6.07) is 4.81. The number of fused-ring (bicyclic) bond motifs is 1. The molecule has 19 heavy (non-hydrogen) atoms. The molecule has 0 unspecified atom stereocenters. The molecule has 0 saturated carbocycles. The number of hydrogen-bond acceptors (Lipinski definition) is 4. The molecule has 0 fully saturated rings. The minimum Gasteiger partial charge on any atom is -0.478 e. The molecule has 2 aromatic rings. The third-order valence-corrected chi connectivity index (χ3v) is 3.70. The average molecular weight is 279 g/mol. The van der Waals surface area contributed by atoms with Crippen LogP contribution in [-0.2, 0) is 11.8 Å². The zero-order chi connectivity index (χ0) is 14.0. The summed E-state index contributed by atoms with van der Waals surface area (Å²) in [5, 5.41) is 9.67. The van der Waals surface area contributed by atoms with Gasteiger partial charge >= 0.3 is 5.97 Å². The molecule has 7 heteroatoms. The minimum absolute atomic E-state index is 0.208. The summed E-state index contributed by atoms with van der Waals surface area (Å²) in [5.74, 6) is -0.770. The largest absolute Gasteiger partial charge is 0.478 e. The lowest BCUT2D eigenvalue weighted by Gasteiger charge is -2.00. The summed E-state index contributed by atoms with van der Waals surface area (Å²) in [6.45, 7) is 0. The summed E-state index contributed by atoms with van der Waals surface area (Å²) < 4.78 is 1.87. The summed E-state index contributed by atoms with van der Waals surface area (Å²) in [6.07, 6.45) is 0.286. The third kappa shape index (κ3) is 2.87. The van der Waals surface area contributed by atoms with Crippen molar-refractivity contribution < 1.29 is 14.7 Å². The number of aromatic carboxylic acids is 1.